The summed E-state index contributed by atoms with van der Waals surface area (Å²) in [6.45, 7) is 5.23. The molecule has 1 aliphatic heterocycles. The first kappa shape index (κ1) is 48.8. The van der Waals surface area contributed by atoms with Gasteiger partial charge in [-0.2, -0.15) is 15.6 Å². The number of phosphoric ester groups is 1. The summed E-state index contributed by atoms with van der Waals surface area (Å²) >= 11 is 0. The quantitative estimate of drug-likeness (QED) is 0.0372. The molecule has 5 N–H and O–H groups in total. The summed E-state index contributed by atoms with van der Waals surface area (Å²) in [6, 6.07) is 11.7. The molecule has 1 aliphatic rings. The van der Waals surface area contributed by atoms with E-state index in [0.29, 0.717) is 29.2 Å². The van der Waals surface area contributed by atoms with Gasteiger partial charge in [0.25, 0.3) is 0 Å². The van der Waals surface area contributed by atoms with Gasteiger partial charge in [0.1, 0.15) is 59.9 Å². The average Bonchev–Trinajstić information content (AvgIpc) is 3.78. The van der Waals surface area contributed by atoms with Crippen LogP contribution in [0.5, 0.6) is 11.5 Å². The van der Waals surface area contributed by atoms with E-state index in [9.17, 15) is 30.2 Å². The number of anilines is 1. The summed E-state index contributed by atoms with van der Waals surface area (Å²) in [7, 11) is -4.83. The van der Waals surface area contributed by atoms with Crippen LogP contribution in [-0.4, -0.2) is 86.7 Å². The minimum atomic E-state index is -4.83. The molecule has 1 fully saturated rings. The van der Waals surface area contributed by atoms with Crippen molar-refractivity contribution >= 4 is 19.2 Å². The number of nitriles is 2. The molecule has 16 nitrogen and oxygen atoms in total. The van der Waals surface area contributed by atoms with Gasteiger partial charge < -0.3 is 39.8 Å². The average molecular weight is 857 g/mol. The molecule has 332 valence electrons. The highest BCUT2D eigenvalue weighted by atomic mass is 31.2. The molecule has 17 heteroatoms. The summed E-state index contributed by atoms with van der Waals surface area (Å²) in [5.41, 5.74) is 4.53. The maximum Gasteiger partial charge on any atom is 0.472 e. The first-order valence-electron chi connectivity index (χ1n) is 21.6. The standard InChI is InChI=1S/C43H65N6O10P/c1-4-5-6-7-8-9-10-11-12-13-14-15-16-17-18-19-24-54-27-35(58-34-21-20-33(26-44)37(25-34)57-32(2)3)28-55-60(52,53)56-29-38-40(50)41(51)43(30-45,59-38)39-23-22-36-42(46)47-31-48-49(36)39/h20-23,25,31-32,35,38,40-41,50-51H,4-19,24,27-29H2,1-3H3,(H,52,53)(H2,46,47,48)/t35-,38-,40-,41-,43+/m1/s1. The second-order valence-corrected chi connectivity index (χ2v) is 17.2. The highest BCUT2D eigenvalue weighted by Crippen LogP contribution is 2.46. The number of hydrogen-bond acceptors (Lipinski definition) is 14. The summed E-state index contributed by atoms with van der Waals surface area (Å²) < 4.78 is 48.6. The second kappa shape index (κ2) is 25.2. The molecule has 2 aromatic heterocycles. The Morgan fingerprint density at radius 3 is 2.13 bits per heavy atom. The number of rotatable bonds is 30. The number of unbranched alkanes of at least 4 members (excludes halogenated alkanes) is 15. The van der Waals surface area contributed by atoms with Gasteiger partial charge >= 0.3 is 7.82 Å². The number of nitrogen functional groups attached to an aromatic ring is 1. The predicted octanol–water partition coefficient (Wildman–Crippen LogP) is 7.67. The van der Waals surface area contributed by atoms with E-state index in [1.165, 1.54) is 100 Å². The highest BCUT2D eigenvalue weighted by molar-refractivity contribution is 7.47. The Bertz CT molecular complexity index is 1870. The van der Waals surface area contributed by atoms with Crippen molar-refractivity contribution in [3.05, 3.63) is 47.9 Å². The van der Waals surface area contributed by atoms with Gasteiger partial charge in [-0.05, 0) is 44.5 Å². The first-order chi connectivity index (χ1) is 28.9. The van der Waals surface area contributed by atoms with Gasteiger partial charge in [-0.15, -0.1) is 0 Å². The van der Waals surface area contributed by atoms with Crippen molar-refractivity contribution in [3.8, 4) is 23.6 Å². The molecule has 0 bridgehead atoms. The summed E-state index contributed by atoms with van der Waals surface area (Å²) in [4.78, 5) is 14.6. The van der Waals surface area contributed by atoms with Crippen molar-refractivity contribution in [1.29, 1.82) is 10.5 Å². The molecule has 0 amide bonds. The van der Waals surface area contributed by atoms with E-state index in [0.717, 1.165) is 25.6 Å². The third-order valence-electron chi connectivity index (χ3n) is 10.5. The molecule has 1 unspecified atom stereocenters. The molecule has 1 saturated heterocycles. The molecule has 60 heavy (non-hydrogen) atoms. The normalized spacial score (nSPS) is 20.5. The third-order valence-corrected chi connectivity index (χ3v) is 11.4. The molecule has 0 spiro atoms. The van der Waals surface area contributed by atoms with Gasteiger partial charge in [-0.1, -0.05) is 103 Å². The fraction of sp³-hybridized carbons (Fsp3) is 0.674. The molecule has 6 atom stereocenters. The number of hydrogen-bond donors (Lipinski definition) is 4. The molecule has 0 aliphatic carbocycles. The number of ether oxygens (including phenoxy) is 4. The zero-order chi connectivity index (χ0) is 43.4. The summed E-state index contributed by atoms with van der Waals surface area (Å²) in [6.07, 6.45) is 15.4. The van der Waals surface area contributed by atoms with E-state index >= 15 is 0 Å². The van der Waals surface area contributed by atoms with Crippen LogP contribution < -0.4 is 15.2 Å². The fourth-order valence-electron chi connectivity index (χ4n) is 7.23. The maximum absolute atomic E-state index is 13.1. The topological polar surface area (TPSA) is 237 Å². The van der Waals surface area contributed by atoms with Crippen molar-refractivity contribution in [2.24, 2.45) is 0 Å². The van der Waals surface area contributed by atoms with Crippen LogP contribution in [0.25, 0.3) is 5.52 Å². The van der Waals surface area contributed by atoms with Crippen LogP contribution in [0.4, 0.5) is 5.82 Å². The predicted molar refractivity (Wildman–Crippen MR) is 225 cm³/mol. The highest BCUT2D eigenvalue weighted by Gasteiger charge is 2.58. The van der Waals surface area contributed by atoms with Gasteiger partial charge in [0.15, 0.2) is 5.82 Å². The molecular weight excluding hydrogens is 791 g/mol. The molecule has 0 saturated carbocycles. The molecule has 4 rings (SSSR count). The number of nitrogens with two attached hydrogens (primary N) is 1. The van der Waals surface area contributed by atoms with Gasteiger partial charge in [0.05, 0.1) is 37.2 Å². The lowest BCUT2D eigenvalue weighted by Crippen LogP contribution is -2.41. The van der Waals surface area contributed by atoms with E-state index < -0.39 is 51.1 Å². The number of fused-ring (bicyclic) bond motifs is 1. The fourth-order valence-corrected chi connectivity index (χ4v) is 7.99. The lowest BCUT2D eigenvalue weighted by molar-refractivity contribution is -0.0651. The number of benzene rings is 1. The van der Waals surface area contributed by atoms with Crippen molar-refractivity contribution in [2.75, 3.05) is 32.2 Å². The number of nitrogens with zero attached hydrogens (tertiary/aromatic N) is 5. The largest absolute Gasteiger partial charge is 0.489 e. The van der Waals surface area contributed by atoms with Crippen LogP contribution in [0.1, 0.15) is 135 Å². The number of aliphatic hydroxyl groups is 2. The Kier molecular flexibility index (Phi) is 20.5. The first-order valence-corrected chi connectivity index (χ1v) is 23.0. The number of aliphatic hydroxyl groups excluding tert-OH is 2. The molecule has 3 aromatic rings. The SMILES string of the molecule is CCCCCCCCCCCCCCCCCCOC[C@H](COP(=O)(O)OC[C@H]1O[C@@](C#N)(c2ccc3c(N)ncnn23)[C@H](O)[C@@H]1O)Oc1ccc(C#N)c(OC(C)C)c1. The van der Waals surface area contributed by atoms with E-state index in [2.05, 4.69) is 23.1 Å². The smallest absolute Gasteiger partial charge is 0.472 e. The van der Waals surface area contributed by atoms with Crippen molar-refractivity contribution in [2.45, 2.75) is 160 Å². The van der Waals surface area contributed by atoms with Gasteiger partial charge in [0, 0.05) is 12.7 Å². The van der Waals surface area contributed by atoms with Gasteiger partial charge in [-0.25, -0.2) is 14.1 Å². The van der Waals surface area contributed by atoms with Gasteiger partial charge in [-0.3, -0.25) is 9.05 Å². The van der Waals surface area contributed by atoms with E-state index in [1.54, 1.807) is 18.2 Å². The zero-order valence-electron chi connectivity index (χ0n) is 35.5. The van der Waals surface area contributed by atoms with Crippen LogP contribution in [0.15, 0.2) is 36.7 Å². The Balaban J connectivity index is 1.25. The van der Waals surface area contributed by atoms with Gasteiger partial charge in [0.2, 0.25) is 5.60 Å². The van der Waals surface area contributed by atoms with Crippen LogP contribution in [-0.2, 0) is 28.7 Å². The number of phosphoric acid groups is 1. The summed E-state index contributed by atoms with van der Waals surface area (Å²) in [5, 5.41) is 45.7. The van der Waals surface area contributed by atoms with Crippen LogP contribution >= 0.6 is 7.82 Å². The minimum absolute atomic E-state index is 0.0137. The van der Waals surface area contributed by atoms with Crippen molar-refractivity contribution in [3.63, 3.8) is 0 Å². The van der Waals surface area contributed by atoms with E-state index in [4.69, 9.17) is 33.7 Å². The maximum atomic E-state index is 13.1. The number of aromatic nitrogens is 3. The molecule has 0 radical (unpaired) electrons. The second-order valence-electron chi connectivity index (χ2n) is 15.7. The lowest BCUT2D eigenvalue weighted by atomic mass is 9.92. The Labute approximate surface area is 354 Å². The monoisotopic (exact) mass is 856 g/mol. The van der Waals surface area contributed by atoms with Crippen molar-refractivity contribution in [1.82, 2.24) is 14.6 Å². The molecular formula is C43H65N6O10P. The lowest BCUT2D eigenvalue weighted by Gasteiger charge is -2.24. The van der Waals surface area contributed by atoms with E-state index in [1.807, 2.05) is 19.9 Å². The Morgan fingerprint density at radius 2 is 1.53 bits per heavy atom. The Morgan fingerprint density at radius 1 is 0.900 bits per heavy atom. The molecule has 1 aromatic carbocycles. The zero-order valence-corrected chi connectivity index (χ0v) is 36.3. The molecule has 3 heterocycles. The Hall–Kier alpha value is -3.83. The van der Waals surface area contributed by atoms with Crippen LogP contribution in [0.2, 0.25) is 0 Å². The minimum Gasteiger partial charge on any atom is -0.489 e. The third kappa shape index (κ3) is 14.7. The van der Waals surface area contributed by atoms with E-state index in [-0.39, 0.29) is 24.2 Å². The van der Waals surface area contributed by atoms with Crippen molar-refractivity contribution < 1.29 is 47.7 Å². The van der Waals surface area contributed by atoms with Crippen LogP contribution in [0.3, 0.4) is 0 Å². The van der Waals surface area contributed by atoms with Crippen LogP contribution in [0, 0.1) is 22.7 Å². The summed E-state index contributed by atoms with van der Waals surface area (Å²) in [5.74, 6) is 0.768.